The number of amides is 2. The summed E-state index contributed by atoms with van der Waals surface area (Å²) in [5.41, 5.74) is 1.05. The number of piperidine rings is 1. The van der Waals surface area contributed by atoms with E-state index in [9.17, 15) is 9.59 Å². The SMILES string of the molecule is C=CCSc1ncccc1C(=O)N1CCC(c2nc(C(=O)Nc3ccnn3CC)cs2)CC1. The van der Waals surface area contributed by atoms with Crippen molar-refractivity contribution in [3.8, 4) is 0 Å². The zero-order valence-electron chi connectivity index (χ0n) is 18.4. The van der Waals surface area contributed by atoms with Gasteiger partial charge < -0.3 is 10.2 Å². The Balaban J connectivity index is 1.36. The minimum atomic E-state index is -0.235. The Morgan fingerprint density at radius 2 is 2.12 bits per heavy atom. The largest absolute Gasteiger partial charge is 0.339 e. The summed E-state index contributed by atoms with van der Waals surface area (Å²) in [7, 11) is 0. The molecule has 0 aromatic carbocycles. The number of likely N-dealkylation sites (tertiary alicyclic amines) is 1. The van der Waals surface area contributed by atoms with Crippen molar-refractivity contribution in [2.45, 2.75) is 37.3 Å². The average molecular weight is 483 g/mol. The van der Waals surface area contributed by atoms with Crippen molar-refractivity contribution in [1.82, 2.24) is 24.6 Å². The smallest absolute Gasteiger partial charge is 0.276 e. The van der Waals surface area contributed by atoms with E-state index in [2.05, 4.69) is 27.0 Å². The van der Waals surface area contributed by atoms with Crippen LogP contribution in [0.3, 0.4) is 0 Å². The van der Waals surface area contributed by atoms with Crippen LogP contribution >= 0.6 is 23.1 Å². The van der Waals surface area contributed by atoms with Gasteiger partial charge in [0.1, 0.15) is 16.5 Å². The summed E-state index contributed by atoms with van der Waals surface area (Å²) >= 11 is 3.02. The molecule has 10 heteroatoms. The molecule has 1 aliphatic heterocycles. The lowest BCUT2D eigenvalue weighted by molar-refractivity contribution is 0.0708. The highest BCUT2D eigenvalue weighted by Gasteiger charge is 2.28. The van der Waals surface area contributed by atoms with Crippen molar-refractivity contribution >= 4 is 40.7 Å². The molecule has 8 nitrogen and oxygen atoms in total. The molecule has 1 fully saturated rings. The first-order valence-corrected chi connectivity index (χ1v) is 12.7. The number of carbonyl (C=O) groups excluding carboxylic acids is 2. The number of anilines is 1. The molecule has 0 bridgehead atoms. The van der Waals surface area contributed by atoms with Gasteiger partial charge in [-0.15, -0.1) is 29.7 Å². The maximum absolute atomic E-state index is 13.1. The normalized spacial score (nSPS) is 14.3. The number of nitrogens with one attached hydrogen (secondary N) is 1. The number of aromatic nitrogens is 4. The Bertz CT molecular complexity index is 1130. The van der Waals surface area contributed by atoms with E-state index in [-0.39, 0.29) is 17.7 Å². The zero-order valence-corrected chi connectivity index (χ0v) is 20.1. The first kappa shape index (κ1) is 23.2. The van der Waals surface area contributed by atoms with Gasteiger partial charge in [-0.1, -0.05) is 6.08 Å². The van der Waals surface area contributed by atoms with Gasteiger partial charge in [-0.2, -0.15) is 5.10 Å². The fourth-order valence-corrected chi connectivity index (χ4v) is 5.45. The number of aryl methyl sites for hydroxylation is 1. The molecule has 0 atom stereocenters. The molecule has 33 heavy (non-hydrogen) atoms. The Kier molecular flexibility index (Phi) is 7.56. The summed E-state index contributed by atoms with van der Waals surface area (Å²) in [6, 6.07) is 5.40. The summed E-state index contributed by atoms with van der Waals surface area (Å²) in [4.78, 5) is 36.6. The highest BCUT2D eigenvalue weighted by molar-refractivity contribution is 7.99. The Hall–Kier alpha value is -2.98. The maximum Gasteiger partial charge on any atom is 0.276 e. The summed E-state index contributed by atoms with van der Waals surface area (Å²) in [6.07, 6.45) is 6.81. The molecule has 1 aliphatic rings. The van der Waals surface area contributed by atoms with Crippen LogP contribution in [0, 0.1) is 0 Å². The van der Waals surface area contributed by atoms with Crippen molar-refractivity contribution in [3.63, 3.8) is 0 Å². The molecule has 4 heterocycles. The van der Waals surface area contributed by atoms with E-state index < -0.39 is 0 Å². The van der Waals surface area contributed by atoms with Gasteiger partial charge in [-0.05, 0) is 31.9 Å². The second-order valence-electron chi connectivity index (χ2n) is 7.58. The lowest BCUT2D eigenvalue weighted by atomic mass is 9.97. The van der Waals surface area contributed by atoms with Crippen molar-refractivity contribution in [3.05, 3.63) is 64.9 Å². The number of hydrogen-bond acceptors (Lipinski definition) is 7. The van der Waals surface area contributed by atoms with Gasteiger partial charge in [-0.25, -0.2) is 14.6 Å². The zero-order chi connectivity index (χ0) is 23.2. The van der Waals surface area contributed by atoms with E-state index in [4.69, 9.17) is 0 Å². The number of pyridine rings is 1. The second-order valence-corrected chi connectivity index (χ2v) is 9.48. The van der Waals surface area contributed by atoms with Gasteiger partial charge >= 0.3 is 0 Å². The maximum atomic E-state index is 13.1. The molecule has 3 aromatic rings. The quantitative estimate of drug-likeness (QED) is 0.380. The molecule has 0 radical (unpaired) electrons. The fourth-order valence-electron chi connectivity index (χ4n) is 3.76. The van der Waals surface area contributed by atoms with Crippen LogP contribution in [0.2, 0.25) is 0 Å². The molecule has 172 valence electrons. The second kappa shape index (κ2) is 10.8. The van der Waals surface area contributed by atoms with Gasteiger partial charge in [0.15, 0.2) is 0 Å². The van der Waals surface area contributed by atoms with Crippen LogP contribution in [0.15, 0.2) is 53.7 Å². The van der Waals surface area contributed by atoms with E-state index >= 15 is 0 Å². The first-order chi connectivity index (χ1) is 16.1. The monoisotopic (exact) mass is 482 g/mol. The number of thiazole rings is 1. The molecule has 0 saturated carbocycles. The van der Waals surface area contributed by atoms with Crippen LogP contribution in [0.25, 0.3) is 0 Å². The van der Waals surface area contributed by atoms with Crippen molar-refractivity contribution in [1.29, 1.82) is 0 Å². The van der Waals surface area contributed by atoms with Crippen molar-refractivity contribution < 1.29 is 9.59 Å². The molecular weight excluding hydrogens is 456 g/mol. The summed E-state index contributed by atoms with van der Waals surface area (Å²) < 4.78 is 1.72. The summed E-state index contributed by atoms with van der Waals surface area (Å²) in [6.45, 7) is 7.69. The minimum Gasteiger partial charge on any atom is -0.339 e. The Morgan fingerprint density at radius 1 is 1.30 bits per heavy atom. The van der Waals surface area contributed by atoms with E-state index in [0.717, 1.165) is 22.9 Å². The van der Waals surface area contributed by atoms with E-state index in [1.165, 1.54) is 23.1 Å². The topological polar surface area (TPSA) is 93.0 Å². The molecule has 0 unspecified atom stereocenters. The molecular formula is C23H26N6O2S2. The minimum absolute atomic E-state index is 0.0138. The van der Waals surface area contributed by atoms with Gasteiger partial charge in [0.25, 0.3) is 11.8 Å². The predicted octanol–water partition coefficient (Wildman–Crippen LogP) is 4.30. The standard InChI is InChI=1S/C23H26N6O2S2/c1-3-14-32-22-17(6-5-10-24-22)23(31)28-12-8-16(9-13-28)21-26-18(15-33-21)20(30)27-19-7-11-25-29(19)4-2/h3,5-7,10-11,15-16H,1,4,8-9,12-14H2,2H3,(H,27,30). The number of nitrogens with zero attached hydrogens (tertiary/aromatic N) is 5. The van der Waals surface area contributed by atoms with Crippen LogP contribution in [0.4, 0.5) is 5.82 Å². The third-order valence-electron chi connectivity index (χ3n) is 5.48. The van der Waals surface area contributed by atoms with Gasteiger partial charge in [0, 0.05) is 48.9 Å². The first-order valence-electron chi connectivity index (χ1n) is 10.9. The van der Waals surface area contributed by atoms with Gasteiger partial charge in [-0.3, -0.25) is 9.59 Å². The van der Waals surface area contributed by atoms with E-state index in [1.54, 1.807) is 40.7 Å². The predicted molar refractivity (Wildman–Crippen MR) is 131 cm³/mol. The molecule has 4 rings (SSSR count). The average Bonchev–Trinajstić information content (AvgIpc) is 3.52. The fraction of sp³-hybridized carbons (Fsp3) is 0.348. The molecule has 2 amide bonds. The highest BCUT2D eigenvalue weighted by Crippen LogP contribution is 2.32. The van der Waals surface area contributed by atoms with Crippen LogP contribution in [0.1, 0.15) is 51.5 Å². The summed E-state index contributed by atoms with van der Waals surface area (Å²) in [5, 5.41) is 10.5. The number of hydrogen-bond donors (Lipinski definition) is 1. The van der Waals surface area contributed by atoms with Crippen molar-refractivity contribution in [2.75, 3.05) is 24.2 Å². The lowest BCUT2D eigenvalue weighted by Gasteiger charge is -2.31. The molecule has 1 N–H and O–H groups in total. The van der Waals surface area contributed by atoms with Crippen LogP contribution in [0.5, 0.6) is 0 Å². The van der Waals surface area contributed by atoms with Crippen molar-refractivity contribution in [2.24, 2.45) is 0 Å². The number of thioether (sulfide) groups is 1. The molecule has 1 saturated heterocycles. The van der Waals surface area contributed by atoms with Crippen LogP contribution in [-0.2, 0) is 6.54 Å². The summed E-state index contributed by atoms with van der Waals surface area (Å²) in [5.74, 6) is 1.39. The van der Waals surface area contributed by atoms with E-state index in [0.29, 0.717) is 42.5 Å². The Labute approximate surface area is 201 Å². The third-order valence-corrected chi connectivity index (χ3v) is 7.49. The van der Waals surface area contributed by atoms with Crippen LogP contribution < -0.4 is 5.32 Å². The number of carbonyl (C=O) groups is 2. The van der Waals surface area contributed by atoms with Gasteiger partial charge in [0.05, 0.1) is 16.8 Å². The number of rotatable bonds is 8. The third kappa shape index (κ3) is 5.33. The Morgan fingerprint density at radius 3 is 2.88 bits per heavy atom. The van der Waals surface area contributed by atoms with Gasteiger partial charge in [0.2, 0.25) is 0 Å². The molecule has 3 aromatic heterocycles. The molecule has 0 spiro atoms. The van der Waals surface area contributed by atoms with E-state index in [1.807, 2.05) is 17.9 Å². The lowest BCUT2D eigenvalue weighted by Crippen LogP contribution is -2.38. The van der Waals surface area contributed by atoms with Crippen LogP contribution in [-0.4, -0.2) is 55.3 Å². The highest BCUT2D eigenvalue weighted by atomic mass is 32.2. The molecule has 0 aliphatic carbocycles.